The number of aromatic nitrogens is 2. The molecule has 0 aliphatic carbocycles. The van der Waals surface area contributed by atoms with E-state index in [9.17, 15) is 4.79 Å². The molecule has 0 bridgehead atoms. The first-order valence-corrected chi connectivity index (χ1v) is 9.88. The molecule has 28 heavy (non-hydrogen) atoms. The van der Waals surface area contributed by atoms with Crippen LogP contribution in [0.5, 0.6) is 0 Å². The van der Waals surface area contributed by atoms with Crippen LogP contribution >= 0.6 is 11.6 Å². The van der Waals surface area contributed by atoms with Gasteiger partial charge in [0.15, 0.2) is 0 Å². The summed E-state index contributed by atoms with van der Waals surface area (Å²) in [5.41, 5.74) is 1.95. The molecule has 1 aromatic heterocycles. The molecule has 1 aliphatic heterocycles. The molecule has 0 atom stereocenters. The second kappa shape index (κ2) is 8.59. The Morgan fingerprint density at radius 1 is 0.929 bits per heavy atom. The van der Waals surface area contributed by atoms with E-state index in [2.05, 4.69) is 38.7 Å². The Labute approximate surface area is 170 Å². The molecular weight excluding hydrogens is 372 g/mol. The van der Waals surface area contributed by atoms with Gasteiger partial charge in [0.25, 0.3) is 5.91 Å². The quantitative estimate of drug-likeness (QED) is 0.664. The monoisotopic (exact) mass is 394 g/mol. The predicted octanol–water partition coefficient (Wildman–Crippen LogP) is 3.54. The molecule has 1 aliphatic rings. The van der Waals surface area contributed by atoms with E-state index < -0.39 is 0 Å². The summed E-state index contributed by atoms with van der Waals surface area (Å²) in [5, 5.41) is 0.646. The Balaban J connectivity index is 1.33. The fraction of sp³-hybridized carbons (Fsp3) is 0.273. The molecule has 1 saturated heterocycles. The number of carbonyl (C=O) groups is 1. The molecule has 1 amide bonds. The first kappa shape index (κ1) is 18.7. The number of nitrogens with zero attached hydrogens (tertiary/aromatic N) is 4. The number of piperazine rings is 1. The van der Waals surface area contributed by atoms with E-state index in [0.29, 0.717) is 10.6 Å². The lowest BCUT2D eigenvalue weighted by atomic mass is 10.2. The number of hydrogen-bond donors (Lipinski definition) is 0. The summed E-state index contributed by atoms with van der Waals surface area (Å²) in [7, 11) is 0. The van der Waals surface area contributed by atoms with Gasteiger partial charge in [-0.15, -0.1) is 0 Å². The van der Waals surface area contributed by atoms with Crippen LogP contribution in [0.15, 0.2) is 67.0 Å². The summed E-state index contributed by atoms with van der Waals surface area (Å²) in [6.07, 6.45) is 3.89. The largest absolute Gasteiger partial charge is 0.336 e. The smallest absolute Gasteiger partial charge is 0.253 e. The van der Waals surface area contributed by atoms with Crippen molar-refractivity contribution in [2.75, 3.05) is 26.2 Å². The van der Waals surface area contributed by atoms with Gasteiger partial charge in [0, 0.05) is 55.7 Å². The summed E-state index contributed by atoms with van der Waals surface area (Å²) in [6.45, 7) is 4.75. The highest BCUT2D eigenvalue weighted by molar-refractivity contribution is 6.30. The third-order valence-electron chi connectivity index (χ3n) is 5.11. The molecule has 0 unspecified atom stereocenters. The molecule has 0 N–H and O–H groups in total. The summed E-state index contributed by atoms with van der Waals surface area (Å²) in [4.78, 5) is 21.5. The van der Waals surface area contributed by atoms with Crippen LogP contribution < -0.4 is 0 Å². The van der Waals surface area contributed by atoms with Crippen LogP contribution in [-0.2, 0) is 13.1 Å². The summed E-state index contributed by atoms with van der Waals surface area (Å²) in [6, 6.07) is 17.5. The van der Waals surface area contributed by atoms with Gasteiger partial charge in [-0.2, -0.15) is 0 Å². The second-order valence-corrected chi connectivity index (χ2v) is 7.47. The average Bonchev–Trinajstić information content (AvgIpc) is 3.16. The molecule has 0 radical (unpaired) electrons. The molecule has 6 heteroatoms. The SMILES string of the molecule is O=C(c1ccc(Cl)cc1)N1CCN(Cc2nccn2Cc2ccccc2)CC1. The van der Waals surface area contributed by atoms with E-state index in [4.69, 9.17) is 11.6 Å². The van der Waals surface area contributed by atoms with Crippen molar-refractivity contribution in [1.82, 2.24) is 19.4 Å². The van der Waals surface area contributed by atoms with E-state index >= 15 is 0 Å². The minimum atomic E-state index is 0.0712. The van der Waals surface area contributed by atoms with Crippen molar-refractivity contribution >= 4 is 17.5 Å². The number of halogens is 1. The molecule has 3 aromatic rings. The Bertz CT molecular complexity index is 915. The summed E-state index contributed by atoms with van der Waals surface area (Å²) < 4.78 is 2.20. The van der Waals surface area contributed by atoms with Gasteiger partial charge >= 0.3 is 0 Å². The first-order chi connectivity index (χ1) is 13.7. The highest BCUT2D eigenvalue weighted by atomic mass is 35.5. The number of imidazole rings is 1. The van der Waals surface area contributed by atoms with Gasteiger partial charge in [0.2, 0.25) is 0 Å². The Morgan fingerprint density at radius 3 is 2.36 bits per heavy atom. The van der Waals surface area contributed by atoms with Crippen molar-refractivity contribution in [1.29, 1.82) is 0 Å². The fourth-order valence-corrected chi connectivity index (χ4v) is 3.63. The van der Waals surface area contributed by atoms with Crippen LogP contribution in [0.1, 0.15) is 21.7 Å². The normalized spacial score (nSPS) is 15.0. The molecule has 2 aromatic carbocycles. The first-order valence-electron chi connectivity index (χ1n) is 9.50. The lowest BCUT2D eigenvalue weighted by Crippen LogP contribution is -2.48. The summed E-state index contributed by atoms with van der Waals surface area (Å²) in [5.74, 6) is 1.13. The third-order valence-corrected chi connectivity index (χ3v) is 5.37. The number of hydrogen-bond acceptors (Lipinski definition) is 3. The highest BCUT2D eigenvalue weighted by Gasteiger charge is 2.23. The summed E-state index contributed by atoms with van der Waals surface area (Å²) >= 11 is 5.91. The van der Waals surface area contributed by atoms with Crippen molar-refractivity contribution in [3.63, 3.8) is 0 Å². The zero-order valence-corrected chi connectivity index (χ0v) is 16.4. The van der Waals surface area contributed by atoms with Gasteiger partial charge < -0.3 is 9.47 Å². The van der Waals surface area contributed by atoms with Crippen LogP contribution in [-0.4, -0.2) is 51.4 Å². The topological polar surface area (TPSA) is 41.4 Å². The van der Waals surface area contributed by atoms with Crippen LogP contribution in [0.3, 0.4) is 0 Å². The van der Waals surface area contributed by atoms with E-state index in [1.165, 1.54) is 5.56 Å². The Morgan fingerprint density at radius 2 is 1.64 bits per heavy atom. The van der Waals surface area contributed by atoms with Crippen LogP contribution in [0.2, 0.25) is 5.02 Å². The van der Waals surface area contributed by atoms with Crippen LogP contribution in [0, 0.1) is 0 Å². The van der Waals surface area contributed by atoms with Gasteiger partial charge in [-0.05, 0) is 29.8 Å². The number of amides is 1. The van der Waals surface area contributed by atoms with E-state index in [1.807, 2.05) is 23.4 Å². The van der Waals surface area contributed by atoms with Crippen LogP contribution in [0.4, 0.5) is 0 Å². The maximum absolute atomic E-state index is 12.6. The van der Waals surface area contributed by atoms with Gasteiger partial charge in [0.05, 0.1) is 6.54 Å². The lowest BCUT2D eigenvalue weighted by molar-refractivity contribution is 0.0624. The van der Waals surface area contributed by atoms with Gasteiger partial charge in [0.1, 0.15) is 5.82 Å². The molecular formula is C22H23ClN4O. The molecule has 0 spiro atoms. The standard InChI is InChI=1S/C22H23ClN4O/c23-20-8-6-19(7-9-20)22(28)26-14-12-25(13-15-26)17-21-24-10-11-27(21)16-18-4-2-1-3-5-18/h1-11H,12-17H2. The van der Waals surface area contributed by atoms with E-state index in [1.54, 1.807) is 24.3 Å². The van der Waals surface area contributed by atoms with Crippen molar-refractivity contribution < 1.29 is 4.79 Å². The lowest BCUT2D eigenvalue weighted by Gasteiger charge is -2.34. The van der Waals surface area contributed by atoms with E-state index in [0.717, 1.165) is 45.1 Å². The second-order valence-electron chi connectivity index (χ2n) is 7.03. The zero-order chi connectivity index (χ0) is 19.3. The number of carbonyl (C=O) groups excluding carboxylic acids is 1. The zero-order valence-electron chi connectivity index (χ0n) is 15.7. The van der Waals surface area contributed by atoms with Crippen LogP contribution in [0.25, 0.3) is 0 Å². The molecule has 0 saturated carbocycles. The van der Waals surface area contributed by atoms with Gasteiger partial charge in [-0.3, -0.25) is 9.69 Å². The van der Waals surface area contributed by atoms with Crippen molar-refractivity contribution in [2.45, 2.75) is 13.1 Å². The molecule has 144 valence electrons. The molecule has 5 nitrogen and oxygen atoms in total. The third kappa shape index (κ3) is 4.43. The Kier molecular flexibility index (Phi) is 5.74. The van der Waals surface area contributed by atoms with Gasteiger partial charge in [-0.1, -0.05) is 41.9 Å². The average molecular weight is 395 g/mol. The molecule has 2 heterocycles. The minimum absolute atomic E-state index is 0.0712. The van der Waals surface area contributed by atoms with Crippen molar-refractivity contribution in [2.24, 2.45) is 0 Å². The molecule has 1 fully saturated rings. The van der Waals surface area contributed by atoms with Crippen molar-refractivity contribution in [3.05, 3.63) is 89.0 Å². The predicted molar refractivity (Wildman–Crippen MR) is 110 cm³/mol. The molecule has 4 rings (SSSR count). The number of rotatable bonds is 5. The number of benzene rings is 2. The maximum Gasteiger partial charge on any atom is 0.253 e. The maximum atomic E-state index is 12.6. The Hall–Kier alpha value is -2.63. The van der Waals surface area contributed by atoms with Gasteiger partial charge in [-0.25, -0.2) is 4.98 Å². The van der Waals surface area contributed by atoms with Crippen molar-refractivity contribution in [3.8, 4) is 0 Å². The fourth-order valence-electron chi connectivity index (χ4n) is 3.50. The minimum Gasteiger partial charge on any atom is -0.336 e. The highest BCUT2D eigenvalue weighted by Crippen LogP contribution is 2.14. The van der Waals surface area contributed by atoms with E-state index in [-0.39, 0.29) is 5.91 Å².